The zero-order valence-electron chi connectivity index (χ0n) is 16.7. The summed E-state index contributed by atoms with van der Waals surface area (Å²) in [5.41, 5.74) is -0.281. The van der Waals surface area contributed by atoms with E-state index in [1.54, 1.807) is 36.4 Å². The van der Waals surface area contributed by atoms with Gasteiger partial charge in [0.1, 0.15) is 6.04 Å². The molecule has 0 atom stereocenters. The Hall–Kier alpha value is -3.92. The number of hydrogen-bond donors (Lipinski definition) is 1. The molecule has 0 aliphatic carbocycles. The number of nitrogens with one attached hydrogen (secondary N) is 1. The van der Waals surface area contributed by atoms with E-state index in [-0.39, 0.29) is 5.69 Å². The van der Waals surface area contributed by atoms with Crippen molar-refractivity contribution in [1.82, 2.24) is 25.1 Å². The summed E-state index contributed by atoms with van der Waals surface area (Å²) >= 11 is 5.81. The highest BCUT2D eigenvalue weighted by molar-refractivity contribution is 6.30. The van der Waals surface area contributed by atoms with Gasteiger partial charge in [-0.15, -0.1) is 0 Å². The van der Waals surface area contributed by atoms with E-state index in [2.05, 4.69) is 20.4 Å². The minimum absolute atomic E-state index is 0.0989. The molecule has 7 nitrogen and oxygen atoms in total. The summed E-state index contributed by atoms with van der Waals surface area (Å²) in [5, 5.41) is 6.63. The van der Waals surface area contributed by atoms with Crippen molar-refractivity contribution < 1.29 is 22.7 Å². The molecular weight excluding hydrogens is 459 g/mol. The minimum atomic E-state index is -4.85. The number of halogens is 4. The smallest absolute Gasteiger partial charge is 0.406 e. The third-order valence-electron chi connectivity index (χ3n) is 4.51. The third-order valence-corrected chi connectivity index (χ3v) is 4.76. The monoisotopic (exact) mass is 473 g/mol. The molecule has 0 aliphatic heterocycles. The third kappa shape index (κ3) is 5.12. The quantitative estimate of drug-likeness (QED) is 0.430. The fourth-order valence-electron chi connectivity index (χ4n) is 3.09. The summed E-state index contributed by atoms with van der Waals surface area (Å²) in [6, 6.07) is 14.9. The molecule has 0 radical (unpaired) electrons. The van der Waals surface area contributed by atoms with Gasteiger partial charge >= 0.3 is 12.3 Å². The van der Waals surface area contributed by atoms with E-state index in [0.717, 1.165) is 6.20 Å². The summed E-state index contributed by atoms with van der Waals surface area (Å²) in [5.74, 6) is -0.754. The lowest BCUT2D eigenvalue weighted by atomic mass is 10.1. The van der Waals surface area contributed by atoms with Gasteiger partial charge in [-0.2, -0.15) is 18.3 Å². The average molecular weight is 474 g/mol. The summed E-state index contributed by atoms with van der Waals surface area (Å²) in [6.45, 7) is 0. The van der Waals surface area contributed by atoms with Crippen molar-refractivity contribution in [3.05, 3.63) is 101 Å². The van der Waals surface area contributed by atoms with Gasteiger partial charge in [0.05, 0.1) is 23.3 Å². The molecular formula is C22H15ClF3N5O2. The van der Waals surface area contributed by atoms with Crippen molar-refractivity contribution in [3.63, 3.8) is 0 Å². The molecule has 4 aromatic rings. The molecule has 1 amide bonds. The first-order chi connectivity index (χ1) is 15.8. The van der Waals surface area contributed by atoms with Crippen LogP contribution in [0.25, 0.3) is 5.69 Å². The van der Waals surface area contributed by atoms with Crippen molar-refractivity contribution in [2.45, 2.75) is 12.2 Å². The van der Waals surface area contributed by atoms with E-state index in [9.17, 15) is 18.0 Å². The van der Waals surface area contributed by atoms with Gasteiger partial charge in [-0.25, -0.2) is 9.48 Å². The summed E-state index contributed by atoms with van der Waals surface area (Å²) < 4.78 is 47.2. The second-order valence-corrected chi connectivity index (χ2v) is 7.16. The summed E-state index contributed by atoms with van der Waals surface area (Å²) in [7, 11) is 0. The van der Waals surface area contributed by atoms with Gasteiger partial charge in [0.2, 0.25) is 0 Å². The Morgan fingerprint density at radius 1 is 0.970 bits per heavy atom. The Balaban J connectivity index is 1.63. The first-order valence-corrected chi connectivity index (χ1v) is 9.92. The lowest BCUT2D eigenvalue weighted by Crippen LogP contribution is -2.33. The van der Waals surface area contributed by atoms with Gasteiger partial charge in [0.25, 0.3) is 0 Å². The molecule has 0 saturated heterocycles. The highest BCUT2D eigenvalue weighted by Gasteiger charge is 2.40. The Morgan fingerprint density at radius 3 is 2.09 bits per heavy atom. The fraction of sp³-hybridized carbons (Fsp3) is 0.0909. The average Bonchev–Trinajstić information content (AvgIpc) is 3.23. The lowest BCUT2D eigenvalue weighted by molar-refractivity contribution is -0.143. The molecule has 3 aromatic heterocycles. The van der Waals surface area contributed by atoms with Crippen LogP contribution >= 0.6 is 11.6 Å². The van der Waals surface area contributed by atoms with Crippen LogP contribution in [0.5, 0.6) is 5.75 Å². The second kappa shape index (κ2) is 9.29. The van der Waals surface area contributed by atoms with Crippen LogP contribution < -0.4 is 10.1 Å². The number of nitrogens with zero attached hydrogens (tertiary/aromatic N) is 4. The predicted octanol–water partition coefficient (Wildman–Crippen LogP) is 5.21. The SMILES string of the molecule is O=C(NC(c1ccccn1)c1ccccn1)Oc1cnn(-c2ccc(Cl)cc2)c1C(F)(F)F. The molecule has 0 aliphatic rings. The van der Waals surface area contributed by atoms with E-state index in [4.69, 9.17) is 16.3 Å². The topological polar surface area (TPSA) is 81.9 Å². The van der Waals surface area contributed by atoms with Crippen molar-refractivity contribution in [2.75, 3.05) is 0 Å². The molecule has 4 rings (SSSR count). The molecule has 33 heavy (non-hydrogen) atoms. The van der Waals surface area contributed by atoms with Crippen LogP contribution in [0.15, 0.2) is 79.3 Å². The van der Waals surface area contributed by atoms with Crippen molar-refractivity contribution >= 4 is 17.7 Å². The first kappa shape index (κ1) is 22.3. The zero-order valence-corrected chi connectivity index (χ0v) is 17.5. The number of carbonyl (C=O) groups excluding carboxylic acids is 1. The molecule has 0 saturated carbocycles. The maximum atomic E-state index is 13.8. The number of carbonyl (C=O) groups is 1. The van der Waals surface area contributed by atoms with Gasteiger partial charge in [0, 0.05) is 17.4 Å². The standard InChI is InChI=1S/C22H15ClF3N5O2/c23-14-7-9-15(10-8-14)31-20(22(24,25)26)18(13-29-31)33-21(32)30-19(16-5-1-3-11-27-16)17-6-2-4-12-28-17/h1-13,19H,(H,30,32). The number of aromatic nitrogens is 4. The lowest BCUT2D eigenvalue weighted by Gasteiger charge is -2.18. The van der Waals surface area contributed by atoms with Crippen molar-refractivity contribution in [1.29, 1.82) is 0 Å². The van der Waals surface area contributed by atoms with Gasteiger partial charge in [0.15, 0.2) is 11.4 Å². The van der Waals surface area contributed by atoms with Crippen LogP contribution in [0.2, 0.25) is 5.02 Å². The van der Waals surface area contributed by atoms with E-state index in [1.807, 2.05) is 0 Å². The Kier molecular flexibility index (Phi) is 6.27. The molecule has 11 heteroatoms. The van der Waals surface area contributed by atoms with Gasteiger partial charge in [-0.1, -0.05) is 23.7 Å². The number of ether oxygens (including phenoxy) is 1. The van der Waals surface area contributed by atoms with Crippen molar-refractivity contribution in [3.8, 4) is 11.4 Å². The van der Waals surface area contributed by atoms with Crippen LogP contribution in [0.3, 0.4) is 0 Å². The Bertz CT molecular complexity index is 1190. The van der Waals surface area contributed by atoms with Crippen LogP contribution in [0.4, 0.5) is 18.0 Å². The number of amides is 1. The number of alkyl halides is 3. The highest BCUT2D eigenvalue weighted by Crippen LogP contribution is 2.38. The van der Waals surface area contributed by atoms with Crippen LogP contribution in [0.1, 0.15) is 23.1 Å². The zero-order chi connectivity index (χ0) is 23.4. The predicted molar refractivity (Wildman–Crippen MR) is 113 cm³/mol. The summed E-state index contributed by atoms with van der Waals surface area (Å²) in [6.07, 6.45) is -2.11. The molecule has 0 unspecified atom stereocenters. The number of rotatable bonds is 5. The normalized spacial score (nSPS) is 11.4. The molecule has 3 heterocycles. The Labute approximate surface area is 190 Å². The maximum Gasteiger partial charge on any atom is 0.437 e. The molecule has 1 N–H and O–H groups in total. The molecule has 0 fully saturated rings. The molecule has 1 aromatic carbocycles. The number of benzene rings is 1. The number of pyridine rings is 2. The maximum absolute atomic E-state index is 13.8. The van der Waals surface area contributed by atoms with Crippen LogP contribution in [-0.4, -0.2) is 25.8 Å². The van der Waals surface area contributed by atoms with E-state index in [0.29, 0.717) is 21.1 Å². The van der Waals surface area contributed by atoms with Gasteiger partial charge in [-0.05, 0) is 48.5 Å². The van der Waals surface area contributed by atoms with Crippen LogP contribution in [-0.2, 0) is 6.18 Å². The van der Waals surface area contributed by atoms with E-state index in [1.165, 1.54) is 36.7 Å². The summed E-state index contributed by atoms with van der Waals surface area (Å²) in [4.78, 5) is 21.0. The Morgan fingerprint density at radius 2 is 1.58 bits per heavy atom. The van der Waals surface area contributed by atoms with Gasteiger partial charge in [-0.3, -0.25) is 9.97 Å². The second-order valence-electron chi connectivity index (χ2n) is 6.72. The van der Waals surface area contributed by atoms with E-state index >= 15 is 0 Å². The number of hydrogen-bond acceptors (Lipinski definition) is 5. The van der Waals surface area contributed by atoms with E-state index < -0.39 is 29.8 Å². The molecule has 168 valence electrons. The molecule has 0 bridgehead atoms. The van der Waals surface area contributed by atoms with Crippen LogP contribution in [0, 0.1) is 0 Å². The van der Waals surface area contributed by atoms with Crippen molar-refractivity contribution in [2.24, 2.45) is 0 Å². The minimum Gasteiger partial charge on any atom is -0.406 e. The highest BCUT2D eigenvalue weighted by atomic mass is 35.5. The van der Waals surface area contributed by atoms with Gasteiger partial charge < -0.3 is 10.1 Å². The fourth-order valence-corrected chi connectivity index (χ4v) is 3.21. The first-order valence-electron chi connectivity index (χ1n) is 9.54. The largest absolute Gasteiger partial charge is 0.437 e. The molecule has 0 spiro atoms.